The summed E-state index contributed by atoms with van der Waals surface area (Å²) in [4.78, 5) is 13.0. The predicted octanol–water partition coefficient (Wildman–Crippen LogP) is 0.215. The smallest absolute Gasteiger partial charge is 0.219 e. The molecule has 2 atom stereocenters. The fourth-order valence-corrected chi connectivity index (χ4v) is 1.46. The van der Waals surface area contributed by atoms with Gasteiger partial charge in [0.05, 0.1) is 0 Å². The first-order valence-corrected chi connectivity index (χ1v) is 4.12. The van der Waals surface area contributed by atoms with Crippen LogP contribution in [-0.2, 0) is 4.79 Å². The zero-order chi connectivity index (χ0) is 8.43. The van der Waals surface area contributed by atoms with Crippen molar-refractivity contribution < 1.29 is 4.79 Å². The number of hydrogen-bond donors (Lipinski definition) is 1. The first-order valence-electron chi connectivity index (χ1n) is 4.12. The van der Waals surface area contributed by atoms with Crippen LogP contribution in [0.25, 0.3) is 0 Å². The van der Waals surface area contributed by atoms with E-state index in [0.717, 1.165) is 13.1 Å². The zero-order valence-electron chi connectivity index (χ0n) is 7.42. The average molecular weight is 156 g/mol. The van der Waals surface area contributed by atoms with E-state index in [9.17, 15) is 4.79 Å². The second kappa shape index (κ2) is 3.22. The van der Waals surface area contributed by atoms with Gasteiger partial charge in [0, 0.05) is 32.1 Å². The normalized spacial score (nSPS) is 32.1. The minimum Gasteiger partial charge on any atom is -0.337 e. The van der Waals surface area contributed by atoms with Crippen LogP contribution in [0.5, 0.6) is 0 Å². The molecule has 0 aromatic rings. The molecular weight excluding hydrogens is 140 g/mol. The van der Waals surface area contributed by atoms with Crippen molar-refractivity contribution in [3.63, 3.8) is 0 Å². The topological polar surface area (TPSA) is 32.3 Å². The van der Waals surface area contributed by atoms with Gasteiger partial charge in [-0.3, -0.25) is 4.79 Å². The summed E-state index contributed by atoms with van der Waals surface area (Å²) in [5.41, 5.74) is 0. The van der Waals surface area contributed by atoms with Crippen LogP contribution in [0.2, 0.25) is 0 Å². The maximum absolute atomic E-state index is 11.1. The van der Waals surface area contributed by atoms with Crippen LogP contribution in [0, 0.1) is 0 Å². The van der Waals surface area contributed by atoms with Gasteiger partial charge in [-0.25, -0.2) is 0 Å². The van der Waals surface area contributed by atoms with Crippen LogP contribution in [0.1, 0.15) is 20.8 Å². The Labute approximate surface area is 67.8 Å². The van der Waals surface area contributed by atoms with Gasteiger partial charge in [0.1, 0.15) is 0 Å². The summed E-state index contributed by atoms with van der Waals surface area (Å²) in [5, 5.41) is 3.32. The molecule has 3 nitrogen and oxygen atoms in total. The van der Waals surface area contributed by atoms with Crippen molar-refractivity contribution >= 4 is 5.91 Å². The Hall–Kier alpha value is -0.570. The summed E-state index contributed by atoms with van der Waals surface area (Å²) in [6.45, 7) is 7.56. The number of rotatable bonds is 0. The molecule has 1 aliphatic rings. The second-order valence-electron chi connectivity index (χ2n) is 3.33. The quantitative estimate of drug-likeness (QED) is 0.544. The highest BCUT2D eigenvalue weighted by Crippen LogP contribution is 2.05. The van der Waals surface area contributed by atoms with Crippen LogP contribution in [0.15, 0.2) is 0 Å². The number of nitrogens with one attached hydrogen (secondary N) is 1. The van der Waals surface area contributed by atoms with Crippen LogP contribution >= 0.6 is 0 Å². The Bertz CT molecular complexity index is 158. The zero-order valence-corrected chi connectivity index (χ0v) is 7.42. The lowest BCUT2D eigenvalue weighted by atomic mass is 10.1. The first-order chi connectivity index (χ1) is 5.11. The fraction of sp³-hybridized carbons (Fsp3) is 0.875. The molecule has 0 radical (unpaired) electrons. The van der Waals surface area contributed by atoms with Crippen molar-refractivity contribution in [3.05, 3.63) is 0 Å². The second-order valence-corrected chi connectivity index (χ2v) is 3.33. The number of amides is 1. The van der Waals surface area contributed by atoms with Gasteiger partial charge in [-0.15, -0.1) is 0 Å². The van der Waals surface area contributed by atoms with Crippen LogP contribution in [0.3, 0.4) is 0 Å². The Morgan fingerprint density at radius 2 is 2.18 bits per heavy atom. The Morgan fingerprint density at radius 1 is 1.55 bits per heavy atom. The van der Waals surface area contributed by atoms with Gasteiger partial charge in [-0.2, -0.15) is 0 Å². The van der Waals surface area contributed by atoms with E-state index in [4.69, 9.17) is 0 Å². The molecular formula is C8H16N2O. The third-order valence-corrected chi connectivity index (χ3v) is 2.17. The van der Waals surface area contributed by atoms with E-state index in [1.54, 1.807) is 6.92 Å². The SMILES string of the molecule is CC(=O)N1C[C@H](C)NCC1C. The molecule has 0 bridgehead atoms. The number of hydrogen-bond acceptors (Lipinski definition) is 2. The van der Waals surface area contributed by atoms with Crippen molar-refractivity contribution in [2.24, 2.45) is 0 Å². The molecule has 1 rings (SSSR count). The number of nitrogens with zero attached hydrogens (tertiary/aromatic N) is 1. The van der Waals surface area contributed by atoms with Crippen molar-refractivity contribution in [1.29, 1.82) is 0 Å². The van der Waals surface area contributed by atoms with Gasteiger partial charge in [0.15, 0.2) is 0 Å². The first kappa shape index (κ1) is 8.53. The van der Waals surface area contributed by atoms with E-state index in [1.165, 1.54) is 0 Å². The van der Waals surface area contributed by atoms with Gasteiger partial charge in [-0.1, -0.05) is 0 Å². The van der Waals surface area contributed by atoms with Gasteiger partial charge >= 0.3 is 0 Å². The molecule has 0 spiro atoms. The van der Waals surface area contributed by atoms with E-state index in [0.29, 0.717) is 12.1 Å². The molecule has 11 heavy (non-hydrogen) atoms. The minimum absolute atomic E-state index is 0.186. The maximum Gasteiger partial charge on any atom is 0.219 e. The Kier molecular flexibility index (Phi) is 2.49. The highest BCUT2D eigenvalue weighted by Gasteiger charge is 2.23. The van der Waals surface area contributed by atoms with E-state index in [2.05, 4.69) is 19.2 Å². The fourth-order valence-electron chi connectivity index (χ4n) is 1.46. The summed E-state index contributed by atoms with van der Waals surface area (Å²) >= 11 is 0. The van der Waals surface area contributed by atoms with Crippen LogP contribution in [-0.4, -0.2) is 36.0 Å². The lowest BCUT2D eigenvalue weighted by molar-refractivity contribution is -0.132. The highest BCUT2D eigenvalue weighted by atomic mass is 16.2. The maximum atomic E-state index is 11.1. The number of piperazine rings is 1. The van der Waals surface area contributed by atoms with E-state index in [1.807, 2.05) is 4.90 Å². The van der Waals surface area contributed by atoms with Gasteiger partial charge < -0.3 is 10.2 Å². The monoisotopic (exact) mass is 156 g/mol. The molecule has 1 fully saturated rings. The van der Waals surface area contributed by atoms with Crippen LogP contribution in [0.4, 0.5) is 0 Å². The Morgan fingerprint density at radius 3 is 2.64 bits per heavy atom. The third kappa shape index (κ3) is 1.93. The minimum atomic E-state index is 0.186. The summed E-state index contributed by atoms with van der Waals surface area (Å²) in [6, 6.07) is 0.791. The molecule has 0 aromatic heterocycles. The van der Waals surface area contributed by atoms with Gasteiger partial charge in [-0.05, 0) is 13.8 Å². The summed E-state index contributed by atoms with van der Waals surface area (Å²) in [6.07, 6.45) is 0. The molecule has 64 valence electrons. The van der Waals surface area contributed by atoms with Crippen molar-refractivity contribution in [1.82, 2.24) is 10.2 Å². The number of carbonyl (C=O) groups excluding carboxylic acids is 1. The van der Waals surface area contributed by atoms with Crippen molar-refractivity contribution in [3.8, 4) is 0 Å². The van der Waals surface area contributed by atoms with E-state index < -0.39 is 0 Å². The van der Waals surface area contributed by atoms with Gasteiger partial charge in [0.25, 0.3) is 0 Å². The summed E-state index contributed by atoms with van der Waals surface area (Å²) in [7, 11) is 0. The summed E-state index contributed by atoms with van der Waals surface area (Å²) in [5.74, 6) is 0.186. The van der Waals surface area contributed by atoms with Crippen molar-refractivity contribution in [2.75, 3.05) is 13.1 Å². The van der Waals surface area contributed by atoms with Crippen molar-refractivity contribution in [2.45, 2.75) is 32.9 Å². The molecule has 0 saturated carbocycles. The predicted molar refractivity (Wildman–Crippen MR) is 44.3 cm³/mol. The number of carbonyl (C=O) groups is 1. The molecule has 3 heteroatoms. The molecule has 1 saturated heterocycles. The highest BCUT2D eigenvalue weighted by molar-refractivity contribution is 5.73. The molecule has 1 unspecified atom stereocenters. The molecule has 1 N–H and O–H groups in total. The third-order valence-electron chi connectivity index (χ3n) is 2.17. The average Bonchev–Trinajstić information content (AvgIpc) is 1.94. The molecule has 1 heterocycles. The molecule has 0 aromatic carbocycles. The van der Waals surface area contributed by atoms with Gasteiger partial charge in [0.2, 0.25) is 5.91 Å². The standard InChI is InChI=1S/C8H16N2O/c1-6-5-10(8(3)11)7(2)4-9-6/h6-7,9H,4-5H2,1-3H3/t6-,7?/m0/s1. The summed E-state index contributed by atoms with van der Waals surface area (Å²) < 4.78 is 0. The largest absolute Gasteiger partial charge is 0.337 e. The van der Waals surface area contributed by atoms with Crippen LogP contribution < -0.4 is 5.32 Å². The van der Waals surface area contributed by atoms with E-state index in [-0.39, 0.29) is 5.91 Å². The van der Waals surface area contributed by atoms with E-state index >= 15 is 0 Å². The lowest BCUT2D eigenvalue weighted by Crippen LogP contribution is -2.55. The lowest BCUT2D eigenvalue weighted by Gasteiger charge is -2.36. The Balaban J connectivity index is 2.54. The molecule has 1 amide bonds. The molecule has 1 aliphatic heterocycles. The molecule has 0 aliphatic carbocycles.